The van der Waals surface area contributed by atoms with Gasteiger partial charge in [-0.2, -0.15) is 0 Å². The minimum absolute atomic E-state index is 0.0252. The normalized spacial score (nSPS) is 9.83. The second-order valence-corrected chi connectivity index (χ2v) is 5.07. The van der Waals surface area contributed by atoms with E-state index in [0.29, 0.717) is 22.1 Å². The van der Waals surface area contributed by atoms with Gasteiger partial charge in [0.05, 0.1) is 0 Å². The monoisotopic (exact) mass is 333 g/mol. The lowest BCUT2D eigenvalue weighted by Crippen LogP contribution is -2.31. The summed E-state index contributed by atoms with van der Waals surface area (Å²) in [4.78, 5) is 22.6. The van der Waals surface area contributed by atoms with E-state index in [4.69, 9.17) is 16.3 Å². The lowest BCUT2D eigenvalue weighted by molar-refractivity contribution is -0.114. The highest BCUT2D eigenvalue weighted by atomic mass is 35.5. The molecule has 0 unspecified atom stereocenters. The largest absolute Gasteiger partial charge is 0.473 e. The van der Waals surface area contributed by atoms with Crippen LogP contribution in [0.2, 0.25) is 5.02 Å². The van der Waals surface area contributed by atoms with Crippen molar-refractivity contribution in [3.05, 3.63) is 53.6 Å². The van der Waals surface area contributed by atoms with Crippen LogP contribution in [0.5, 0.6) is 5.75 Å². The van der Waals surface area contributed by atoms with Gasteiger partial charge in [0.15, 0.2) is 6.73 Å². The topological polar surface area (TPSA) is 79.5 Å². The van der Waals surface area contributed by atoms with Crippen molar-refractivity contribution >= 4 is 34.9 Å². The summed E-state index contributed by atoms with van der Waals surface area (Å²) in [6, 6.07) is 13.2. The first-order chi connectivity index (χ1) is 11.0. The molecule has 0 radical (unpaired) electrons. The van der Waals surface area contributed by atoms with Crippen LogP contribution in [0.15, 0.2) is 48.5 Å². The molecule has 7 heteroatoms. The van der Waals surface area contributed by atoms with E-state index in [2.05, 4.69) is 16.0 Å². The van der Waals surface area contributed by atoms with E-state index in [-0.39, 0.29) is 12.6 Å². The van der Waals surface area contributed by atoms with Crippen molar-refractivity contribution < 1.29 is 14.3 Å². The molecule has 0 heterocycles. The number of urea groups is 1. The van der Waals surface area contributed by atoms with Gasteiger partial charge in [-0.05, 0) is 48.5 Å². The quantitative estimate of drug-likeness (QED) is 0.733. The third kappa shape index (κ3) is 5.88. The molecule has 0 saturated heterocycles. The fraction of sp³-hybridized carbons (Fsp3) is 0.125. The molecule has 0 aliphatic heterocycles. The van der Waals surface area contributed by atoms with Gasteiger partial charge in [-0.3, -0.25) is 4.79 Å². The summed E-state index contributed by atoms with van der Waals surface area (Å²) in [7, 11) is 0. The molecule has 120 valence electrons. The number of carbonyl (C=O) groups is 2. The summed E-state index contributed by atoms with van der Waals surface area (Å²) >= 11 is 5.77. The molecule has 0 bridgehead atoms. The van der Waals surface area contributed by atoms with E-state index in [1.807, 2.05) is 0 Å². The van der Waals surface area contributed by atoms with Crippen molar-refractivity contribution in [1.82, 2.24) is 5.32 Å². The predicted octanol–water partition coefficient (Wildman–Crippen LogP) is 3.46. The number of anilines is 2. The number of carbonyl (C=O) groups excluding carboxylic acids is 2. The van der Waals surface area contributed by atoms with Gasteiger partial charge in [0, 0.05) is 23.3 Å². The minimum Gasteiger partial charge on any atom is -0.473 e. The van der Waals surface area contributed by atoms with Crippen LogP contribution in [0.1, 0.15) is 6.92 Å². The standard InChI is InChI=1S/C16H16ClN3O3/c1-11(21)19-13-4-6-14(7-5-13)20-16(22)18-10-23-15-8-2-12(17)3-9-15/h2-9H,10H2,1H3,(H,19,21)(H2,18,20,22). The summed E-state index contributed by atoms with van der Waals surface area (Å²) < 4.78 is 5.35. The third-order valence-corrected chi connectivity index (χ3v) is 3.00. The molecule has 6 nitrogen and oxygen atoms in total. The van der Waals surface area contributed by atoms with E-state index in [1.54, 1.807) is 48.5 Å². The second kappa shape index (κ2) is 8.05. The third-order valence-electron chi connectivity index (χ3n) is 2.75. The first kappa shape index (κ1) is 16.6. The summed E-state index contributed by atoms with van der Waals surface area (Å²) in [5.74, 6) is 0.456. The first-order valence-electron chi connectivity index (χ1n) is 6.84. The molecule has 2 aromatic rings. The molecule has 2 aromatic carbocycles. The van der Waals surface area contributed by atoms with Gasteiger partial charge < -0.3 is 20.7 Å². The Morgan fingerprint density at radius 2 is 1.52 bits per heavy atom. The number of ether oxygens (including phenoxy) is 1. The maximum atomic E-state index is 11.7. The number of amides is 3. The van der Waals surface area contributed by atoms with Crippen LogP contribution < -0.4 is 20.7 Å². The van der Waals surface area contributed by atoms with E-state index >= 15 is 0 Å². The number of halogens is 1. The molecule has 0 aliphatic carbocycles. The van der Waals surface area contributed by atoms with Crippen LogP contribution in [-0.2, 0) is 4.79 Å². The van der Waals surface area contributed by atoms with Crippen molar-refractivity contribution in [2.24, 2.45) is 0 Å². The highest BCUT2D eigenvalue weighted by molar-refractivity contribution is 6.30. The van der Waals surface area contributed by atoms with Crippen LogP contribution in [0.3, 0.4) is 0 Å². The zero-order chi connectivity index (χ0) is 16.7. The summed E-state index contributed by atoms with van der Waals surface area (Å²) in [6.07, 6.45) is 0. The molecular formula is C16H16ClN3O3. The summed E-state index contributed by atoms with van der Waals surface area (Å²) in [5, 5.41) is 8.48. The minimum atomic E-state index is -0.397. The van der Waals surface area contributed by atoms with Gasteiger partial charge in [-0.15, -0.1) is 0 Å². The van der Waals surface area contributed by atoms with E-state index in [1.165, 1.54) is 6.92 Å². The maximum absolute atomic E-state index is 11.7. The van der Waals surface area contributed by atoms with Crippen LogP contribution >= 0.6 is 11.6 Å². The Bertz CT molecular complexity index is 672. The maximum Gasteiger partial charge on any atom is 0.321 e. The zero-order valence-electron chi connectivity index (χ0n) is 12.4. The molecule has 3 amide bonds. The van der Waals surface area contributed by atoms with Crippen molar-refractivity contribution in [3.63, 3.8) is 0 Å². The van der Waals surface area contributed by atoms with Gasteiger partial charge in [-0.1, -0.05) is 11.6 Å². The van der Waals surface area contributed by atoms with E-state index in [0.717, 1.165) is 0 Å². The average Bonchev–Trinajstić information content (AvgIpc) is 2.51. The Balaban J connectivity index is 1.76. The lowest BCUT2D eigenvalue weighted by Gasteiger charge is -2.10. The number of hydrogen-bond acceptors (Lipinski definition) is 3. The number of rotatable bonds is 5. The number of benzene rings is 2. The molecule has 0 aromatic heterocycles. The lowest BCUT2D eigenvalue weighted by atomic mass is 10.3. The second-order valence-electron chi connectivity index (χ2n) is 4.63. The molecule has 0 fully saturated rings. The number of nitrogens with one attached hydrogen (secondary N) is 3. The summed E-state index contributed by atoms with van der Waals surface area (Å²) in [6.45, 7) is 1.46. The fourth-order valence-electron chi connectivity index (χ4n) is 1.73. The number of hydrogen-bond donors (Lipinski definition) is 3. The molecule has 0 atom stereocenters. The Kier molecular flexibility index (Phi) is 5.82. The molecular weight excluding hydrogens is 318 g/mol. The molecule has 0 spiro atoms. The highest BCUT2D eigenvalue weighted by Gasteiger charge is 2.02. The Hall–Kier alpha value is -2.73. The van der Waals surface area contributed by atoms with Crippen LogP contribution in [0.25, 0.3) is 0 Å². The van der Waals surface area contributed by atoms with Crippen LogP contribution in [0.4, 0.5) is 16.2 Å². The van der Waals surface area contributed by atoms with Gasteiger partial charge in [0.1, 0.15) is 5.75 Å². The van der Waals surface area contributed by atoms with Crippen molar-refractivity contribution in [3.8, 4) is 5.75 Å². The SMILES string of the molecule is CC(=O)Nc1ccc(NC(=O)NCOc2ccc(Cl)cc2)cc1. The van der Waals surface area contributed by atoms with Gasteiger partial charge in [0.2, 0.25) is 5.91 Å². The van der Waals surface area contributed by atoms with Crippen molar-refractivity contribution in [1.29, 1.82) is 0 Å². The van der Waals surface area contributed by atoms with Crippen molar-refractivity contribution in [2.45, 2.75) is 6.92 Å². The molecule has 0 saturated carbocycles. The summed E-state index contributed by atoms with van der Waals surface area (Å²) in [5.41, 5.74) is 1.26. The Morgan fingerprint density at radius 3 is 2.09 bits per heavy atom. The van der Waals surface area contributed by atoms with Gasteiger partial charge >= 0.3 is 6.03 Å². The molecule has 0 aliphatic rings. The first-order valence-corrected chi connectivity index (χ1v) is 7.21. The fourth-order valence-corrected chi connectivity index (χ4v) is 1.86. The van der Waals surface area contributed by atoms with Gasteiger partial charge in [0.25, 0.3) is 0 Å². The van der Waals surface area contributed by atoms with Crippen molar-refractivity contribution in [2.75, 3.05) is 17.4 Å². The van der Waals surface area contributed by atoms with E-state index in [9.17, 15) is 9.59 Å². The average molecular weight is 334 g/mol. The Morgan fingerprint density at radius 1 is 0.957 bits per heavy atom. The highest BCUT2D eigenvalue weighted by Crippen LogP contribution is 2.15. The molecule has 3 N–H and O–H groups in total. The van der Waals surface area contributed by atoms with Gasteiger partial charge in [-0.25, -0.2) is 4.79 Å². The van der Waals surface area contributed by atoms with Crippen LogP contribution in [0, 0.1) is 0 Å². The molecule has 2 rings (SSSR count). The predicted molar refractivity (Wildman–Crippen MR) is 89.8 cm³/mol. The Labute approximate surface area is 138 Å². The molecule has 23 heavy (non-hydrogen) atoms. The van der Waals surface area contributed by atoms with Crippen LogP contribution in [-0.4, -0.2) is 18.7 Å². The van der Waals surface area contributed by atoms with E-state index < -0.39 is 6.03 Å². The zero-order valence-corrected chi connectivity index (χ0v) is 13.2. The smallest absolute Gasteiger partial charge is 0.321 e.